The van der Waals surface area contributed by atoms with Crippen molar-refractivity contribution < 1.29 is 9.90 Å². The Kier molecular flexibility index (Phi) is 3.71. The Hall–Kier alpha value is -2.08. The van der Waals surface area contributed by atoms with Gasteiger partial charge in [-0.05, 0) is 32.0 Å². The minimum atomic E-state index is -1.04. The number of carbonyl (C=O) groups is 1. The highest BCUT2D eigenvalue weighted by Crippen LogP contribution is 2.26. The van der Waals surface area contributed by atoms with Crippen molar-refractivity contribution in [3.05, 3.63) is 39.7 Å². The molecule has 0 saturated carbocycles. The van der Waals surface area contributed by atoms with Gasteiger partial charge in [-0.2, -0.15) is 0 Å². The van der Waals surface area contributed by atoms with Crippen LogP contribution < -0.4 is 11.1 Å². The first-order chi connectivity index (χ1) is 8.97. The maximum atomic E-state index is 11.2. The van der Waals surface area contributed by atoms with Crippen molar-refractivity contribution in [2.75, 3.05) is 11.1 Å². The molecule has 6 heteroatoms. The summed E-state index contributed by atoms with van der Waals surface area (Å²) in [6.45, 7) is 4.00. The van der Waals surface area contributed by atoms with E-state index in [2.05, 4.69) is 10.3 Å². The number of aromatic nitrogens is 1. The summed E-state index contributed by atoms with van der Waals surface area (Å²) in [4.78, 5) is 17.6. The van der Waals surface area contributed by atoms with Gasteiger partial charge in [0.15, 0.2) is 0 Å². The number of aryl methyl sites for hydroxylation is 1. The smallest absolute Gasteiger partial charge is 0.339 e. The zero-order valence-corrected chi connectivity index (χ0v) is 11.5. The zero-order valence-electron chi connectivity index (χ0n) is 10.7. The first-order valence-corrected chi connectivity index (χ1v) is 6.60. The number of nitrogen functional groups attached to an aromatic ring is 1. The van der Waals surface area contributed by atoms with Crippen LogP contribution in [0.25, 0.3) is 0 Å². The van der Waals surface area contributed by atoms with Crippen LogP contribution in [0, 0.1) is 6.92 Å². The third-order valence-electron chi connectivity index (χ3n) is 2.68. The van der Waals surface area contributed by atoms with E-state index in [1.54, 1.807) is 11.3 Å². The number of aromatic carboxylic acids is 1. The van der Waals surface area contributed by atoms with Crippen LogP contribution in [0.3, 0.4) is 0 Å². The Bertz CT molecular complexity index is 610. The van der Waals surface area contributed by atoms with E-state index in [-0.39, 0.29) is 11.6 Å². The Morgan fingerprint density at radius 2 is 2.26 bits per heavy atom. The predicted molar refractivity (Wildman–Crippen MR) is 76.7 cm³/mol. The molecular weight excluding hydrogens is 262 g/mol. The van der Waals surface area contributed by atoms with Crippen LogP contribution >= 0.6 is 11.3 Å². The van der Waals surface area contributed by atoms with Gasteiger partial charge in [-0.25, -0.2) is 9.78 Å². The molecule has 1 unspecified atom stereocenters. The van der Waals surface area contributed by atoms with E-state index in [4.69, 9.17) is 10.8 Å². The number of carboxylic acid groups (broad SMARTS) is 1. The topological polar surface area (TPSA) is 88.2 Å². The fraction of sp³-hybridized carbons (Fsp3) is 0.231. The molecule has 0 radical (unpaired) electrons. The van der Waals surface area contributed by atoms with Gasteiger partial charge in [0.25, 0.3) is 0 Å². The molecule has 2 aromatic rings. The van der Waals surface area contributed by atoms with E-state index in [0.29, 0.717) is 11.5 Å². The fourth-order valence-electron chi connectivity index (χ4n) is 1.72. The molecule has 5 nitrogen and oxygen atoms in total. The van der Waals surface area contributed by atoms with Crippen LogP contribution in [-0.4, -0.2) is 16.1 Å². The molecule has 0 aliphatic heterocycles. The first kappa shape index (κ1) is 13.4. The highest BCUT2D eigenvalue weighted by molar-refractivity contribution is 7.12. The third-order valence-corrected chi connectivity index (χ3v) is 3.86. The summed E-state index contributed by atoms with van der Waals surface area (Å²) in [5.74, 6) is -0.711. The maximum Gasteiger partial charge on any atom is 0.339 e. The molecule has 2 heterocycles. The number of hydrogen-bond donors (Lipinski definition) is 3. The Morgan fingerprint density at radius 3 is 2.84 bits per heavy atom. The summed E-state index contributed by atoms with van der Waals surface area (Å²) in [5.41, 5.74) is 5.98. The molecule has 0 amide bonds. The number of nitrogens with two attached hydrogens (primary N) is 1. The third kappa shape index (κ3) is 3.03. The van der Waals surface area contributed by atoms with E-state index in [9.17, 15) is 4.79 Å². The lowest BCUT2D eigenvalue weighted by molar-refractivity contribution is 0.0697. The standard InChI is InChI=1S/C13H15N3O2S/c1-7-3-4-11(19-7)8(2)16-12-10(13(17)18)5-9(14)6-15-12/h3-6,8H,14H2,1-2H3,(H,15,16)(H,17,18). The molecule has 4 N–H and O–H groups in total. The minimum Gasteiger partial charge on any atom is -0.478 e. The summed E-state index contributed by atoms with van der Waals surface area (Å²) in [6, 6.07) is 5.46. The van der Waals surface area contributed by atoms with Crippen LogP contribution in [-0.2, 0) is 0 Å². The summed E-state index contributed by atoms with van der Waals surface area (Å²) in [5, 5.41) is 12.3. The molecule has 0 saturated heterocycles. The number of thiophene rings is 1. The van der Waals surface area contributed by atoms with Crippen molar-refractivity contribution in [1.29, 1.82) is 0 Å². The number of anilines is 2. The van der Waals surface area contributed by atoms with E-state index >= 15 is 0 Å². The van der Waals surface area contributed by atoms with Gasteiger partial charge >= 0.3 is 5.97 Å². The largest absolute Gasteiger partial charge is 0.478 e. The molecule has 0 spiro atoms. The maximum absolute atomic E-state index is 11.2. The normalized spacial score (nSPS) is 12.1. The van der Waals surface area contributed by atoms with Gasteiger partial charge in [-0.15, -0.1) is 11.3 Å². The summed E-state index contributed by atoms with van der Waals surface area (Å²) in [7, 11) is 0. The van der Waals surface area contributed by atoms with Gasteiger partial charge in [0, 0.05) is 9.75 Å². The van der Waals surface area contributed by atoms with Crippen LogP contribution in [0.5, 0.6) is 0 Å². The van der Waals surface area contributed by atoms with Gasteiger partial charge in [-0.1, -0.05) is 0 Å². The first-order valence-electron chi connectivity index (χ1n) is 5.79. The van der Waals surface area contributed by atoms with Gasteiger partial charge in [0.2, 0.25) is 0 Å². The number of nitrogens with one attached hydrogen (secondary N) is 1. The Morgan fingerprint density at radius 1 is 1.53 bits per heavy atom. The van der Waals surface area contributed by atoms with Crippen LogP contribution in [0.15, 0.2) is 24.4 Å². The number of carboxylic acids is 1. The molecular formula is C13H15N3O2S. The average Bonchev–Trinajstić information content (AvgIpc) is 2.78. The molecule has 0 aromatic carbocycles. The van der Waals surface area contributed by atoms with Crippen molar-refractivity contribution in [3.63, 3.8) is 0 Å². The molecule has 2 rings (SSSR count). The lowest BCUT2D eigenvalue weighted by Gasteiger charge is -2.14. The molecule has 19 heavy (non-hydrogen) atoms. The molecule has 0 aliphatic rings. The molecule has 0 bridgehead atoms. The molecule has 2 aromatic heterocycles. The second-order valence-corrected chi connectivity index (χ2v) is 5.60. The van der Waals surface area contributed by atoms with Gasteiger partial charge < -0.3 is 16.2 Å². The predicted octanol–water partition coefficient (Wildman–Crippen LogP) is 2.91. The molecule has 100 valence electrons. The van der Waals surface area contributed by atoms with Crippen molar-refractivity contribution in [1.82, 2.24) is 4.98 Å². The summed E-state index contributed by atoms with van der Waals surface area (Å²) < 4.78 is 0. The second-order valence-electron chi connectivity index (χ2n) is 4.28. The van der Waals surface area contributed by atoms with Crippen molar-refractivity contribution in [3.8, 4) is 0 Å². The van der Waals surface area contributed by atoms with E-state index in [1.165, 1.54) is 17.1 Å². The zero-order chi connectivity index (χ0) is 14.0. The van der Waals surface area contributed by atoms with Gasteiger partial charge in [0.1, 0.15) is 11.4 Å². The Balaban J connectivity index is 2.26. The molecule has 1 atom stereocenters. The summed E-state index contributed by atoms with van der Waals surface area (Å²) in [6.07, 6.45) is 1.45. The Labute approximate surface area is 115 Å². The lowest BCUT2D eigenvalue weighted by Crippen LogP contribution is -2.12. The number of rotatable bonds is 4. The molecule has 0 fully saturated rings. The van der Waals surface area contributed by atoms with Crippen molar-refractivity contribution >= 4 is 28.8 Å². The molecule has 0 aliphatic carbocycles. The number of pyridine rings is 1. The minimum absolute atomic E-state index is 0.00655. The number of nitrogens with zero attached hydrogens (tertiary/aromatic N) is 1. The average molecular weight is 277 g/mol. The lowest BCUT2D eigenvalue weighted by atomic mass is 10.2. The fourth-order valence-corrected chi connectivity index (χ4v) is 2.60. The summed E-state index contributed by atoms with van der Waals surface area (Å²) >= 11 is 1.67. The van der Waals surface area contributed by atoms with E-state index in [1.807, 2.05) is 26.0 Å². The van der Waals surface area contributed by atoms with E-state index < -0.39 is 5.97 Å². The highest BCUT2D eigenvalue weighted by Gasteiger charge is 2.15. The van der Waals surface area contributed by atoms with Gasteiger partial charge in [-0.3, -0.25) is 0 Å². The van der Waals surface area contributed by atoms with Crippen LogP contribution in [0.1, 0.15) is 33.1 Å². The van der Waals surface area contributed by atoms with Crippen molar-refractivity contribution in [2.45, 2.75) is 19.9 Å². The monoisotopic (exact) mass is 277 g/mol. The van der Waals surface area contributed by atoms with Gasteiger partial charge in [0.05, 0.1) is 17.9 Å². The van der Waals surface area contributed by atoms with Crippen molar-refractivity contribution in [2.24, 2.45) is 0 Å². The van der Waals surface area contributed by atoms with Crippen LogP contribution in [0.2, 0.25) is 0 Å². The second kappa shape index (κ2) is 5.27. The number of hydrogen-bond acceptors (Lipinski definition) is 5. The van der Waals surface area contributed by atoms with E-state index in [0.717, 1.165) is 4.88 Å². The van der Waals surface area contributed by atoms with Crippen LogP contribution in [0.4, 0.5) is 11.5 Å². The quantitative estimate of drug-likeness (QED) is 0.799. The SMILES string of the molecule is Cc1ccc(C(C)Nc2ncc(N)cc2C(=O)O)s1. The highest BCUT2D eigenvalue weighted by atomic mass is 32.1.